The summed E-state index contributed by atoms with van der Waals surface area (Å²) >= 11 is 0. The largest absolute Gasteiger partial charge is 0.482 e. The number of aromatic nitrogens is 1. The van der Waals surface area contributed by atoms with Crippen molar-refractivity contribution in [2.45, 2.75) is 13.0 Å². The molecule has 8 heteroatoms. The van der Waals surface area contributed by atoms with E-state index < -0.39 is 5.97 Å². The Balaban J connectivity index is 1.45. The number of fused-ring (bicyclic) bond motifs is 4. The number of carbonyl (C=O) groups is 3. The molecule has 3 aromatic rings. The number of ether oxygens (including phenoxy) is 2. The molecule has 0 aliphatic carbocycles. The van der Waals surface area contributed by atoms with Crippen molar-refractivity contribution in [3.63, 3.8) is 0 Å². The van der Waals surface area contributed by atoms with Crippen LogP contribution in [0.4, 0.5) is 5.69 Å². The summed E-state index contributed by atoms with van der Waals surface area (Å²) in [5.41, 5.74) is 4.33. The lowest BCUT2D eigenvalue weighted by molar-refractivity contribution is -0.118. The second kappa shape index (κ2) is 6.91. The van der Waals surface area contributed by atoms with E-state index in [9.17, 15) is 14.4 Å². The van der Waals surface area contributed by atoms with E-state index in [1.807, 2.05) is 12.1 Å². The number of H-pyrrole nitrogens is 1. The molecule has 5 rings (SSSR count). The van der Waals surface area contributed by atoms with Gasteiger partial charge in [-0.05, 0) is 24.3 Å². The number of rotatable bonds is 2. The van der Waals surface area contributed by atoms with Gasteiger partial charge in [0, 0.05) is 41.7 Å². The molecule has 0 unspecified atom stereocenters. The number of aromatic amines is 1. The Morgan fingerprint density at radius 3 is 2.90 bits per heavy atom. The van der Waals surface area contributed by atoms with E-state index in [0.717, 1.165) is 22.2 Å². The summed E-state index contributed by atoms with van der Waals surface area (Å²) in [6.07, 6.45) is 0.661. The van der Waals surface area contributed by atoms with Gasteiger partial charge in [-0.3, -0.25) is 9.59 Å². The minimum Gasteiger partial charge on any atom is -0.482 e. The fourth-order valence-electron chi connectivity index (χ4n) is 4.08. The molecular weight excluding hydrogens is 386 g/mol. The van der Waals surface area contributed by atoms with Crippen molar-refractivity contribution in [1.82, 2.24) is 9.88 Å². The highest BCUT2D eigenvalue weighted by Gasteiger charge is 2.27. The molecule has 0 saturated heterocycles. The maximum Gasteiger partial charge on any atom is 0.339 e. The SMILES string of the molecule is COC(=O)c1cccc2c3c([nH]c12)CCN(C(=O)c1ccc2c(c1)OCC(=O)N2)C3. The number of hydrogen-bond donors (Lipinski definition) is 2. The fourth-order valence-corrected chi connectivity index (χ4v) is 4.08. The Morgan fingerprint density at radius 2 is 2.07 bits per heavy atom. The lowest BCUT2D eigenvalue weighted by atomic mass is 10.0. The van der Waals surface area contributed by atoms with Crippen molar-refractivity contribution in [2.24, 2.45) is 0 Å². The van der Waals surface area contributed by atoms with Gasteiger partial charge in [0.05, 0.1) is 23.9 Å². The average molecular weight is 405 g/mol. The number of benzene rings is 2. The van der Waals surface area contributed by atoms with Crippen LogP contribution in [-0.4, -0.2) is 47.9 Å². The van der Waals surface area contributed by atoms with Crippen LogP contribution in [0.15, 0.2) is 36.4 Å². The molecule has 3 heterocycles. The van der Waals surface area contributed by atoms with Gasteiger partial charge in [0.15, 0.2) is 6.61 Å². The fraction of sp³-hybridized carbons (Fsp3) is 0.227. The Morgan fingerprint density at radius 1 is 1.20 bits per heavy atom. The van der Waals surface area contributed by atoms with E-state index in [2.05, 4.69) is 10.3 Å². The van der Waals surface area contributed by atoms with Crippen molar-refractivity contribution < 1.29 is 23.9 Å². The van der Waals surface area contributed by atoms with Crippen LogP contribution in [0.5, 0.6) is 5.75 Å². The van der Waals surface area contributed by atoms with Crippen molar-refractivity contribution >= 4 is 34.4 Å². The third-order valence-corrected chi connectivity index (χ3v) is 5.56. The summed E-state index contributed by atoms with van der Waals surface area (Å²) in [5.74, 6) is -0.223. The number of nitrogens with zero attached hydrogens (tertiary/aromatic N) is 1. The highest BCUT2D eigenvalue weighted by Crippen LogP contribution is 2.32. The summed E-state index contributed by atoms with van der Waals surface area (Å²) in [5, 5.41) is 3.64. The highest BCUT2D eigenvalue weighted by molar-refractivity contribution is 6.04. The number of nitrogens with one attached hydrogen (secondary N) is 2. The van der Waals surface area contributed by atoms with Gasteiger partial charge in [0.2, 0.25) is 0 Å². The quantitative estimate of drug-likeness (QED) is 0.638. The zero-order valence-electron chi connectivity index (χ0n) is 16.3. The Kier molecular flexibility index (Phi) is 4.20. The lowest BCUT2D eigenvalue weighted by Crippen LogP contribution is -2.36. The maximum atomic E-state index is 13.1. The van der Waals surface area contributed by atoms with Crippen LogP contribution in [-0.2, 0) is 22.5 Å². The lowest BCUT2D eigenvalue weighted by Gasteiger charge is -2.28. The highest BCUT2D eigenvalue weighted by atomic mass is 16.5. The number of amides is 2. The topological polar surface area (TPSA) is 101 Å². The zero-order valence-corrected chi connectivity index (χ0v) is 16.3. The molecule has 0 radical (unpaired) electrons. The zero-order chi connectivity index (χ0) is 20.8. The molecular formula is C22H19N3O5. The molecule has 0 atom stereocenters. The molecule has 2 aliphatic heterocycles. The third kappa shape index (κ3) is 2.88. The van der Waals surface area contributed by atoms with Gasteiger partial charge < -0.3 is 24.7 Å². The van der Waals surface area contributed by atoms with E-state index in [-0.39, 0.29) is 18.4 Å². The van der Waals surface area contributed by atoms with E-state index in [1.54, 1.807) is 29.2 Å². The first kappa shape index (κ1) is 18.2. The van der Waals surface area contributed by atoms with Crippen LogP contribution in [0.2, 0.25) is 0 Å². The number of para-hydroxylation sites is 1. The normalized spacial score (nSPS) is 15.1. The summed E-state index contributed by atoms with van der Waals surface area (Å²) < 4.78 is 10.3. The van der Waals surface area contributed by atoms with Crippen molar-refractivity contribution in [1.29, 1.82) is 0 Å². The van der Waals surface area contributed by atoms with Crippen LogP contribution in [0.1, 0.15) is 32.0 Å². The van der Waals surface area contributed by atoms with E-state index in [0.29, 0.717) is 42.1 Å². The predicted molar refractivity (Wildman–Crippen MR) is 109 cm³/mol. The van der Waals surface area contributed by atoms with Crippen molar-refractivity contribution in [2.75, 3.05) is 25.6 Å². The summed E-state index contributed by atoms with van der Waals surface area (Å²) in [6, 6.07) is 10.5. The summed E-state index contributed by atoms with van der Waals surface area (Å²) in [4.78, 5) is 41.8. The first-order chi connectivity index (χ1) is 14.5. The van der Waals surface area contributed by atoms with Gasteiger partial charge in [0.1, 0.15) is 5.75 Å². The number of methoxy groups -OCH3 is 1. The molecule has 2 aromatic carbocycles. The van der Waals surface area contributed by atoms with Gasteiger partial charge >= 0.3 is 5.97 Å². The molecule has 1 aromatic heterocycles. The molecule has 2 N–H and O–H groups in total. The summed E-state index contributed by atoms with van der Waals surface area (Å²) in [7, 11) is 1.36. The molecule has 2 amide bonds. The number of anilines is 1. The van der Waals surface area contributed by atoms with Gasteiger partial charge in [-0.25, -0.2) is 4.79 Å². The molecule has 2 aliphatic rings. The van der Waals surface area contributed by atoms with Gasteiger partial charge in [0.25, 0.3) is 11.8 Å². The molecule has 30 heavy (non-hydrogen) atoms. The second-order valence-corrected chi connectivity index (χ2v) is 7.33. The Labute approximate surface area is 171 Å². The first-order valence-corrected chi connectivity index (χ1v) is 9.62. The molecule has 8 nitrogen and oxygen atoms in total. The van der Waals surface area contributed by atoms with Gasteiger partial charge in [-0.2, -0.15) is 0 Å². The second-order valence-electron chi connectivity index (χ2n) is 7.33. The van der Waals surface area contributed by atoms with E-state index >= 15 is 0 Å². The van der Waals surface area contributed by atoms with E-state index in [4.69, 9.17) is 9.47 Å². The predicted octanol–water partition coefficient (Wildman–Crippen LogP) is 2.48. The minimum absolute atomic E-state index is 0.0599. The maximum absolute atomic E-state index is 13.1. The Hall–Kier alpha value is -3.81. The summed E-state index contributed by atoms with van der Waals surface area (Å²) in [6.45, 7) is 0.934. The number of hydrogen-bond acceptors (Lipinski definition) is 5. The third-order valence-electron chi connectivity index (χ3n) is 5.56. The smallest absolute Gasteiger partial charge is 0.339 e. The first-order valence-electron chi connectivity index (χ1n) is 9.62. The van der Waals surface area contributed by atoms with Gasteiger partial charge in [-0.15, -0.1) is 0 Å². The standard InChI is InChI=1S/C22H19N3O5/c1-29-22(28)14-4-2-3-13-15-10-25(8-7-16(15)24-20(13)14)21(27)12-5-6-17-18(9-12)30-11-19(26)23-17/h2-6,9,24H,7-8,10-11H2,1H3,(H,23,26). The minimum atomic E-state index is -0.395. The number of esters is 1. The Bertz CT molecular complexity index is 1210. The molecule has 0 bridgehead atoms. The molecule has 0 fully saturated rings. The van der Waals surface area contributed by atoms with Crippen LogP contribution < -0.4 is 10.1 Å². The van der Waals surface area contributed by atoms with Crippen LogP contribution in [0, 0.1) is 0 Å². The average Bonchev–Trinajstić information content (AvgIpc) is 3.15. The molecule has 0 spiro atoms. The van der Waals surface area contributed by atoms with E-state index in [1.165, 1.54) is 7.11 Å². The molecule has 0 saturated carbocycles. The van der Waals surface area contributed by atoms with Gasteiger partial charge in [-0.1, -0.05) is 12.1 Å². The van der Waals surface area contributed by atoms with Crippen molar-refractivity contribution in [3.8, 4) is 5.75 Å². The molecule has 152 valence electrons. The van der Waals surface area contributed by atoms with Crippen molar-refractivity contribution in [3.05, 3.63) is 58.8 Å². The van der Waals surface area contributed by atoms with Crippen LogP contribution >= 0.6 is 0 Å². The monoisotopic (exact) mass is 405 g/mol. The number of carbonyl (C=O) groups excluding carboxylic acids is 3. The van der Waals surface area contributed by atoms with Crippen LogP contribution in [0.3, 0.4) is 0 Å². The van der Waals surface area contributed by atoms with Crippen LogP contribution in [0.25, 0.3) is 10.9 Å².